The van der Waals surface area contributed by atoms with Crippen molar-refractivity contribution >= 4 is 31.9 Å². The molecule has 0 spiro atoms. The number of rotatable bonds is 5. The van der Waals surface area contributed by atoms with Gasteiger partial charge in [-0.2, -0.15) is 0 Å². The van der Waals surface area contributed by atoms with Gasteiger partial charge in [0.05, 0.1) is 12.1 Å². The van der Waals surface area contributed by atoms with E-state index in [1.165, 1.54) is 11.1 Å². The highest BCUT2D eigenvalue weighted by Gasteiger charge is 2.33. The molecule has 1 aromatic carbocycles. The van der Waals surface area contributed by atoms with Gasteiger partial charge in [0.2, 0.25) is 0 Å². The van der Waals surface area contributed by atoms with Crippen LogP contribution in [0.15, 0.2) is 21.1 Å². The van der Waals surface area contributed by atoms with Crippen LogP contribution in [0.3, 0.4) is 0 Å². The zero-order valence-corrected chi connectivity index (χ0v) is 15.6. The summed E-state index contributed by atoms with van der Waals surface area (Å²) in [6.45, 7) is 8.48. The first-order valence-electron chi connectivity index (χ1n) is 7.35. The van der Waals surface area contributed by atoms with Crippen molar-refractivity contribution in [2.24, 2.45) is 5.92 Å². The molecule has 3 unspecified atom stereocenters. The van der Waals surface area contributed by atoms with Crippen molar-refractivity contribution in [1.82, 2.24) is 5.32 Å². The second-order valence-electron chi connectivity index (χ2n) is 5.66. The molecule has 4 heteroatoms. The Morgan fingerprint density at radius 3 is 2.70 bits per heavy atom. The van der Waals surface area contributed by atoms with Crippen LogP contribution in [0.4, 0.5) is 0 Å². The minimum atomic E-state index is 0.249. The summed E-state index contributed by atoms with van der Waals surface area (Å²) in [6, 6.07) is 4.65. The van der Waals surface area contributed by atoms with Crippen LogP contribution in [0.25, 0.3) is 0 Å². The van der Waals surface area contributed by atoms with Gasteiger partial charge in [0.1, 0.15) is 0 Å². The molecule has 1 N–H and O–H groups in total. The lowest BCUT2D eigenvalue weighted by atomic mass is 9.92. The van der Waals surface area contributed by atoms with Crippen molar-refractivity contribution in [2.75, 3.05) is 13.2 Å². The lowest BCUT2D eigenvalue weighted by Crippen LogP contribution is -2.35. The van der Waals surface area contributed by atoms with Crippen molar-refractivity contribution in [3.05, 3.63) is 32.2 Å². The Hall–Kier alpha value is 0.1000. The number of aryl methyl sites for hydroxylation is 1. The first-order chi connectivity index (χ1) is 9.54. The van der Waals surface area contributed by atoms with E-state index in [1.807, 2.05) is 0 Å². The minimum absolute atomic E-state index is 0.249. The third-order valence-electron chi connectivity index (χ3n) is 4.00. The zero-order chi connectivity index (χ0) is 14.7. The van der Waals surface area contributed by atoms with Crippen LogP contribution in [0, 0.1) is 12.8 Å². The Kier molecular flexibility index (Phi) is 6.09. The molecular weight excluding hydrogens is 382 g/mol. The monoisotopic (exact) mass is 403 g/mol. The highest BCUT2D eigenvalue weighted by molar-refractivity contribution is 9.11. The summed E-state index contributed by atoms with van der Waals surface area (Å²) < 4.78 is 8.32. The van der Waals surface area contributed by atoms with E-state index in [4.69, 9.17) is 4.74 Å². The van der Waals surface area contributed by atoms with Crippen molar-refractivity contribution < 1.29 is 4.74 Å². The number of nitrogens with one attached hydrogen (secondary N) is 1. The van der Waals surface area contributed by atoms with Crippen molar-refractivity contribution in [3.8, 4) is 0 Å². The van der Waals surface area contributed by atoms with E-state index in [1.54, 1.807) is 0 Å². The largest absolute Gasteiger partial charge is 0.376 e. The summed E-state index contributed by atoms with van der Waals surface area (Å²) in [5.41, 5.74) is 2.53. The normalized spacial score (nSPS) is 24.1. The van der Waals surface area contributed by atoms with Gasteiger partial charge in [-0.1, -0.05) is 45.7 Å². The molecule has 0 aliphatic carbocycles. The van der Waals surface area contributed by atoms with E-state index in [0.29, 0.717) is 5.92 Å². The molecule has 2 rings (SSSR count). The smallest absolute Gasteiger partial charge is 0.0796 e. The molecule has 1 fully saturated rings. The number of benzene rings is 1. The number of hydrogen-bond donors (Lipinski definition) is 1. The highest BCUT2D eigenvalue weighted by atomic mass is 79.9. The fourth-order valence-corrected chi connectivity index (χ4v) is 3.81. The molecule has 0 amide bonds. The molecule has 2 nitrogen and oxygen atoms in total. The first kappa shape index (κ1) is 16.5. The average Bonchev–Trinajstić information content (AvgIpc) is 2.82. The van der Waals surface area contributed by atoms with E-state index >= 15 is 0 Å². The zero-order valence-electron chi connectivity index (χ0n) is 12.4. The lowest BCUT2D eigenvalue weighted by molar-refractivity contribution is 0.0605. The Bertz CT molecular complexity index is 464. The molecule has 0 saturated carbocycles. The number of halogens is 2. The second-order valence-corrected chi connectivity index (χ2v) is 7.36. The molecule has 112 valence electrons. The topological polar surface area (TPSA) is 21.3 Å². The van der Waals surface area contributed by atoms with Crippen molar-refractivity contribution in [2.45, 2.75) is 45.8 Å². The van der Waals surface area contributed by atoms with Crippen LogP contribution in [0.5, 0.6) is 0 Å². The standard InChI is InChI=1S/C16H23Br2NO/c1-4-6-19-15(16-10(2)5-7-20-16)12-9-13(17)11(3)8-14(12)18/h8-10,15-16,19H,4-7H2,1-3H3. The van der Waals surface area contributed by atoms with E-state index in [2.05, 4.69) is 70.1 Å². The Labute approximate surface area is 138 Å². The lowest BCUT2D eigenvalue weighted by Gasteiger charge is -2.29. The predicted molar refractivity (Wildman–Crippen MR) is 91.1 cm³/mol. The van der Waals surface area contributed by atoms with E-state index in [9.17, 15) is 0 Å². The number of ether oxygens (including phenoxy) is 1. The van der Waals surface area contributed by atoms with Crippen LogP contribution in [0.2, 0.25) is 0 Å². The number of hydrogen-bond acceptors (Lipinski definition) is 2. The molecule has 1 aromatic rings. The summed E-state index contributed by atoms with van der Waals surface area (Å²) >= 11 is 7.38. The van der Waals surface area contributed by atoms with Gasteiger partial charge in [0, 0.05) is 15.6 Å². The molecule has 1 aliphatic rings. The summed E-state index contributed by atoms with van der Waals surface area (Å²) in [7, 11) is 0. The Morgan fingerprint density at radius 1 is 1.35 bits per heavy atom. The third kappa shape index (κ3) is 3.65. The second kappa shape index (κ2) is 7.39. The van der Waals surface area contributed by atoms with E-state index < -0.39 is 0 Å². The molecular formula is C16H23Br2NO. The molecule has 20 heavy (non-hydrogen) atoms. The van der Waals surface area contributed by atoms with Crippen LogP contribution in [0.1, 0.15) is 43.9 Å². The summed E-state index contributed by atoms with van der Waals surface area (Å²) in [5, 5.41) is 3.67. The van der Waals surface area contributed by atoms with Crippen molar-refractivity contribution in [1.29, 1.82) is 0 Å². The van der Waals surface area contributed by atoms with E-state index in [0.717, 1.165) is 34.9 Å². The fourth-order valence-electron chi connectivity index (χ4n) is 2.75. The molecule has 1 heterocycles. The van der Waals surface area contributed by atoms with Crippen LogP contribution < -0.4 is 5.32 Å². The molecule has 0 bridgehead atoms. The van der Waals surface area contributed by atoms with Gasteiger partial charge in [-0.25, -0.2) is 0 Å². The van der Waals surface area contributed by atoms with Crippen molar-refractivity contribution in [3.63, 3.8) is 0 Å². The summed E-state index contributed by atoms with van der Waals surface area (Å²) in [5.74, 6) is 0.594. The third-order valence-corrected chi connectivity index (χ3v) is 5.54. The molecule has 1 aliphatic heterocycles. The molecule has 0 radical (unpaired) electrons. The Balaban J connectivity index is 2.32. The molecule has 0 aromatic heterocycles. The fraction of sp³-hybridized carbons (Fsp3) is 0.625. The highest BCUT2D eigenvalue weighted by Crippen LogP contribution is 2.36. The quantitative estimate of drug-likeness (QED) is 0.746. The van der Waals surface area contributed by atoms with E-state index in [-0.39, 0.29) is 12.1 Å². The van der Waals surface area contributed by atoms with Crippen LogP contribution >= 0.6 is 31.9 Å². The van der Waals surface area contributed by atoms with Gasteiger partial charge < -0.3 is 10.1 Å². The summed E-state index contributed by atoms with van der Waals surface area (Å²) in [6.07, 6.45) is 2.54. The average molecular weight is 405 g/mol. The predicted octanol–water partition coefficient (Wildman–Crippen LogP) is 4.99. The maximum absolute atomic E-state index is 6.01. The minimum Gasteiger partial charge on any atom is -0.376 e. The molecule has 1 saturated heterocycles. The maximum Gasteiger partial charge on any atom is 0.0796 e. The Morgan fingerprint density at radius 2 is 2.10 bits per heavy atom. The van der Waals surface area contributed by atoms with Gasteiger partial charge in [0.25, 0.3) is 0 Å². The molecule has 3 atom stereocenters. The van der Waals surface area contributed by atoms with Gasteiger partial charge in [-0.05, 0) is 55.5 Å². The van der Waals surface area contributed by atoms with Gasteiger partial charge in [0.15, 0.2) is 0 Å². The SMILES string of the molecule is CCCNC(c1cc(Br)c(C)cc1Br)C1OCCC1C. The van der Waals surface area contributed by atoms with Gasteiger partial charge >= 0.3 is 0 Å². The first-order valence-corrected chi connectivity index (χ1v) is 8.93. The van der Waals surface area contributed by atoms with Crippen LogP contribution in [-0.4, -0.2) is 19.3 Å². The van der Waals surface area contributed by atoms with Gasteiger partial charge in [-0.3, -0.25) is 0 Å². The van der Waals surface area contributed by atoms with Crippen LogP contribution in [-0.2, 0) is 4.74 Å². The maximum atomic E-state index is 6.01. The van der Waals surface area contributed by atoms with Gasteiger partial charge in [-0.15, -0.1) is 0 Å². The summed E-state index contributed by atoms with van der Waals surface area (Å²) in [4.78, 5) is 0.